The maximum atomic E-state index is 13.7. The second-order valence-electron chi connectivity index (χ2n) is 4.59. The predicted molar refractivity (Wildman–Crippen MR) is 77.9 cm³/mol. The minimum Gasteiger partial charge on any atom is -0.349 e. The molecule has 114 valence electrons. The molecule has 1 rings (SSSR count). The molecule has 0 aliphatic rings. The molecule has 2 N–H and O–H groups in total. The summed E-state index contributed by atoms with van der Waals surface area (Å²) in [6.07, 6.45) is 0.498. The van der Waals surface area contributed by atoms with E-state index in [-0.39, 0.29) is 29.8 Å². The molecule has 0 aromatic heterocycles. The van der Waals surface area contributed by atoms with Crippen LogP contribution in [0.1, 0.15) is 31.9 Å². The molecule has 20 heavy (non-hydrogen) atoms. The van der Waals surface area contributed by atoms with Crippen molar-refractivity contribution in [1.82, 2.24) is 10.6 Å². The maximum Gasteiger partial charge on any atom is 0.224 e. The summed E-state index contributed by atoms with van der Waals surface area (Å²) in [5.41, 5.74) is 0.188. The van der Waals surface area contributed by atoms with E-state index in [2.05, 4.69) is 10.6 Å². The van der Waals surface area contributed by atoms with Crippen LogP contribution < -0.4 is 10.6 Å². The van der Waals surface area contributed by atoms with E-state index in [0.29, 0.717) is 13.0 Å². The number of hydrogen-bond donors (Lipinski definition) is 2. The zero-order valence-corrected chi connectivity index (χ0v) is 12.7. The topological polar surface area (TPSA) is 41.1 Å². The summed E-state index contributed by atoms with van der Waals surface area (Å²) in [5.74, 6) is -1.41. The summed E-state index contributed by atoms with van der Waals surface area (Å²) in [6.45, 7) is 4.13. The number of carbonyl (C=O) groups is 1. The van der Waals surface area contributed by atoms with Gasteiger partial charge in [-0.2, -0.15) is 0 Å². The van der Waals surface area contributed by atoms with Crippen LogP contribution in [0.4, 0.5) is 8.78 Å². The first-order valence-corrected chi connectivity index (χ1v) is 6.39. The van der Waals surface area contributed by atoms with E-state index in [1.165, 1.54) is 0 Å². The first-order chi connectivity index (χ1) is 8.99. The van der Waals surface area contributed by atoms with Gasteiger partial charge in [0.1, 0.15) is 11.6 Å². The van der Waals surface area contributed by atoms with Crippen LogP contribution in [0.25, 0.3) is 0 Å². The number of hydrogen-bond acceptors (Lipinski definition) is 2. The molecular formula is C14H21ClF2N2O. The molecule has 0 aliphatic heterocycles. The Bertz CT molecular complexity index is 443. The summed E-state index contributed by atoms with van der Waals surface area (Å²) >= 11 is 0. The third-order valence-corrected chi connectivity index (χ3v) is 3.02. The highest BCUT2D eigenvalue weighted by molar-refractivity contribution is 5.85. The van der Waals surface area contributed by atoms with E-state index in [0.717, 1.165) is 18.2 Å². The van der Waals surface area contributed by atoms with Crippen LogP contribution in [0.15, 0.2) is 18.2 Å². The van der Waals surface area contributed by atoms with Crippen molar-refractivity contribution >= 4 is 18.3 Å². The minimum absolute atomic E-state index is 0. The van der Waals surface area contributed by atoms with Crippen molar-refractivity contribution < 1.29 is 13.6 Å². The van der Waals surface area contributed by atoms with Crippen LogP contribution in [-0.2, 0) is 4.79 Å². The van der Waals surface area contributed by atoms with Gasteiger partial charge in [-0.25, -0.2) is 8.78 Å². The van der Waals surface area contributed by atoms with Crippen molar-refractivity contribution in [2.45, 2.75) is 26.3 Å². The molecule has 0 saturated heterocycles. The minimum atomic E-state index is -0.512. The Morgan fingerprint density at radius 2 is 2.00 bits per heavy atom. The van der Waals surface area contributed by atoms with Crippen molar-refractivity contribution in [2.75, 3.05) is 13.6 Å². The Hall–Kier alpha value is -1.20. The smallest absolute Gasteiger partial charge is 0.224 e. The van der Waals surface area contributed by atoms with E-state index < -0.39 is 17.7 Å². The van der Waals surface area contributed by atoms with Gasteiger partial charge in [-0.1, -0.05) is 13.8 Å². The summed E-state index contributed by atoms with van der Waals surface area (Å²) in [4.78, 5) is 11.9. The van der Waals surface area contributed by atoms with Crippen molar-refractivity contribution in [1.29, 1.82) is 0 Å². The summed E-state index contributed by atoms with van der Waals surface area (Å²) in [7, 11) is 1.76. The second-order valence-corrected chi connectivity index (χ2v) is 4.59. The average Bonchev–Trinajstić information content (AvgIpc) is 2.39. The molecule has 0 heterocycles. The van der Waals surface area contributed by atoms with Gasteiger partial charge in [-0.3, -0.25) is 4.79 Å². The highest BCUT2D eigenvalue weighted by atomic mass is 35.5. The third kappa shape index (κ3) is 5.06. The van der Waals surface area contributed by atoms with Gasteiger partial charge in [-0.05, 0) is 31.7 Å². The lowest BCUT2D eigenvalue weighted by molar-refractivity contribution is -0.125. The number of carbonyl (C=O) groups excluding carboxylic acids is 1. The molecule has 1 amide bonds. The van der Waals surface area contributed by atoms with Crippen molar-refractivity contribution in [3.63, 3.8) is 0 Å². The molecule has 0 radical (unpaired) electrons. The lowest BCUT2D eigenvalue weighted by Crippen LogP contribution is -2.36. The zero-order valence-electron chi connectivity index (χ0n) is 11.9. The van der Waals surface area contributed by atoms with E-state index in [1.54, 1.807) is 14.0 Å². The first kappa shape index (κ1) is 18.8. The zero-order chi connectivity index (χ0) is 14.4. The first-order valence-electron chi connectivity index (χ1n) is 6.39. The molecule has 2 atom stereocenters. The largest absolute Gasteiger partial charge is 0.349 e. The van der Waals surface area contributed by atoms with Gasteiger partial charge in [-0.15, -0.1) is 12.4 Å². The van der Waals surface area contributed by atoms with Gasteiger partial charge in [0, 0.05) is 18.0 Å². The molecule has 6 heteroatoms. The fourth-order valence-corrected chi connectivity index (χ4v) is 1.89. The van der Waals surface area contributed by atoms with Gasteiger partial charge in [0.05, 0.1) is 6.04 Å². The second kappa shape index (κ2) is 8.87. The third-order valence-electron chi connectivity index (χ3n) is 3.02. The van der Waals surface area contributed by atoms with Crippen molar-refractivity contribution in [2.24, 2.45) is 5.92 Å². The fraction of sp³-hybridized carbons (Fsp3) is 0.500. The van der Waals surface area contributed by atoms with Crippen LogP contribution in [0.5, 0.6) is 0 Å². The lowest BCUT2D eigenvalue weighted by Gasteiger charge is -2.20. The van der Waals surface area contributed by atoms with E-state index in [1.807, 2.05) is 6.92 Å². The monoisotopic (exact) mass is 306 g/mol. The SMILES string of the molecule is CCC(NC(=O)C(C)CNC)c1cc(F)ccc1F.Cl. The molecule has 3 nitrogen and oxygen atoms in total. The van der Waals surface area contributed by atoms with Crippen LogP contribution >= 0.6 is 12.4 Å². The van der Waals surface area contributed by atoms with Crippen molar-refractivity contribution in [3.05, 3.63) is 35.4 Å². The molecule has 0 saturated carbocycles. The molecule has 0 spiro atoms. The average molecular weight is 307 g/mol. The van der Waals surface area contributed by atoms with Crippen LogP contribution in [-0.4, -0.2) is 19.5 Å². The number of rotatable bonds is 6. The number of amides is 1. The molecule has 0 bridgehead atoms. The normalized spacial score (nSPS) is 13.2. The Labute approximate surface area is 124 Å². The van der Waals surface area contributed by atoms with Crippen LogP contribution in [0, 0.1) is 17.6 Å². The summed E-state index contributed by atoms with van der Waals surface area (Å²) in [5, 5.41) is 5.65. The van der Waals surface area contributed by atoms with Crippen molar-refractivity contribution in [3.8, 4) is 0 Å². The standard InChI is InChI=1S/C14H20F2N2O.ClH/c1-4-13(18-14(19)9(2)8-17-3)11-7-10(15)5-6-12(11)16;/h5-7,9,13,17H,4,8H2,1-3H3,(H,18,19);1H. The van der Waals surface area contributed by atoms with E-state index in [9.17, 15) is 13.6 Å². The van der Waals surface area contributed by atoms with Gasteiger partial charge in [0.25, 0.3) is 0 Å². The van der Waals surface area contributed by atoms with Gasteiger partial charge in [0.2, 0.25) is 5.91 Å². The molecule has 1 aromatic carbocycles. The predicted octanol–water partition coefficient (Wildman–Crippen LogP) is 2.81. The molecule has 0 aliphatic carbocycles. The Balaban J connectivity index is 0.00000361. The fourth-order valence-electron chi connectivity index (χ4n) is 1.89. The Morgan fingerprint density at radius 3 is 2.55 bits per heavy atom. The van der Waals surface area contributed by atoms with E-state index in [4.69, 9.17) is 0 Å². The lowest BCUT2D eigenvalue weighted by atomic mass is 10.0. The highest BCUT2D eigenvalue weighted by Crippen LogP contribution is 2.21. The Kier molecular flexibility index (Phi) is 8.34. The van der Waals surface area contributed by atoms with E-state index >= 15 is 0 Å². The van der Waals surface area contributed by atoms with Gasteiger partial charge in [0.15, 0.2) is 0 Å². The quantitative estimate of drug-likeness (QED) is 0.848. The molecule has 2 unspecified atom stereocenters. The molecular weight excluding hydrogens is 286 g/mol. The van der Waals surface area contributed by atoms with Crippen LogP contribution in [0.3, 0.4) is 0 Å². The molecule has 1 aromatic rings. The molecule has 0 fully saturated rings. The number of benzene rings is 1. The Morgan fingerprint density at radius 1 is 1.35 bits per heavy atom. The van der Waals surface area contributed by atoms with Gasteiger partial charge >= 0.3 is 0 Å². The number of nitrogens with one attached hydrogen (secondary N) is 2. The van der Waals surface area contributed by atoms with Crippen LogP contribution in [0.2, 0.25) is 0 Å². The number of halogens is 3. The summed E-state index contributed by atoms with van der Waals surface area (Å²) < 4.78 is 26.8. The maximum absolute atomic E-state index is 13.7. The van der Waals surface area contributed by atoms with Gasteiger partial charge < -0.3 is 10.6 Å². The summed E-state index contributed by atoms with van der Waals surface area (Å²) in [6, 6.07) is 2.77. The highest BCUT2D eigenvalue weighted by Gasteiger charge is 2.20.